The quantitative estimate of drug-likeness (QED) is 0.857. The van der Waals surface area contributed by atoms with Crippen LogP contribution in [0.2, 0.25) is 0 Å². The van der Waals surface area contributed by atoms with Crippen LogP contribution in [0.25, 0.3) is 0 Å². The molecule has 106 valence electrons. The molecule has 1 unspecified atom stereocenters. The topological polar surface area (TPSA) is 49.3 Å². The zero-order valence-electron chi connectivity index (χ0n) is 11.7. The highest BCUT2D eigenvalue weighted by Crippen LogP contribution is 2.23. The molecule has 2 N–H and O–H groups in total. The minimum Gasteiger partial charge on any atom is -0.480 e. The molecule has 1 aromatic heterocycles. The molecule has 0 saturated heterocycles. The van der Waals surface area contributed by atoms with Crippen molar-refractivity contribution in [2.45, 2.75) is 32.4 Å². The number of aliphatic carboxylic acids is 1. The van der Waals surface area contributed by atoms with Crippen LogP contribution in [0, 0.1) is 0 Å². The zero-order valence-corrected chi connectivity index (χ0v) is 12.5. The van der Waals surface area contributed by atoms with Gasteiger partial charge in [0.05, 0.1) is 0 Å². The third kappa shape index (κ3) is 3.08. The van der Waals surface area contributed by atoms with Crippen molar-refractivity contribution in [1.82, 2.24) is 5.32 Å². The number of nitrogens with one attached hydrogen (secondary N) is 1. The van der Waals surface area contributed by atoms with Crippen LogP contribution in [-0.2, 0) is 23.3 Å². The first-order chi connectivity index (χ1) is 9.56. The van der Waals surface area contributed by atoms with Crippen molar-refractivity contribution in [2.24, 2.45) is 0 Å². The number of benzene rings is 1. The summed E-state index contributed by atoms with van der Waals surface area (Å²) in [4.78, 5) is 12.8. The Morgan fingerprint density at radius 2 is 2.00 bits per heavy atom. The molecule has 0 bridgehead atoms. The van der Waals surface area contributed by atoms with E-state index in [1.807, 2.05) is 41.8 Å². The second-order valence-corrected chi connectivity index (χ2v) is 5.95. The normalized spacial score (nSPS) is 13.9. The summed E-state index contributed by atoms with van der Waals surface area (Å²) in [5.74, 6) is -0.863. The van der Waals surface area contributed by atoms with Crippen molar-refractivity contribution in [2.75, 3.05) is 0 Å². The molecule has 0 radical (unpaired) electrons. The molecule has 0 aliphatic heterocycles. The van der Waals surface area contributed by atoms with Crippen LogP contribution in [0.1, 0.15) is 29.9 Å². The number of hydrogen-bond donors (Lipinski definition) is 2. The van der Waals surface area contributed by atoms with Crippen LogP contribution in [0.5, 0.6) is 0 Å². The highest BCUT2D eigenvalue weighted by Gasteiger charge is 2.34. The van der Waals surface area contributed by atoms with Gasteiger partial charge in [-0.3, -0.25) is 5.32 Å². The van der Waals surface area contributed by atoms with Crippen molar-refractivity contribution in [1.29, 1.82) is 0 Å². The second-order valence-electron chi connectivity index (χ2n) is 4.91. The van der Waals surface area contributed by atoms with Crippen molar-refractivity contribution in [3.63, 3.8) is 0 Å². The van der Waals surface area contributed by atoms with Crippen molar-refractivity contribution in [3.8, 4) is 0 Å². The number of hydrogen-bond acceptors (Lipinski definition) is 3. The van der Waals surface area contributed by atoms with Crippen LogP contribution >= 0.6 is 11.3 Å². The predicted octanol–water partition coefficient (Wildman–Crippen LogP) is 3.40. The molecule has 4 heteroatoms. The van der Waals surface area contributed by atoms with E-state index in [4.69, 9.17) is 0 Å². The zero-order chi connectivity index (χ0) is 14.6. The standard InChI is InChI=1S/C16H19NO2S/c1-3-12-6-8-13(9-7-12)16(2,15(18)19)17-11-14-5-4-10-20-14/h4-10,17H,3,11H2,1-2H3,(H,18,19). The average Bonchev–Trinajstić information content (AvgIpc) is 2.98. The van der Waals surface area contributed by atoms with Gasteiger partial charge in [-0.2, -0.15) is 0 Å². The van der Waals surface area contributed by atoms with E-state index in [2.05, 4.69) is 12.2 Å². The van der Waals surface area contributed by atoms with E-state index in [1.54, 1.807) is 18.3 Å². The molecule has 1 aromatic carbocycles. The Bertz CT molecular complexity index is 563. The largest absolute Gasteiger partial charge is 0.480 e. The second kappa shape index (κ2) is 6.20. The summed E-state index contributed by atoms with van der Waals surface area (Å²) in [5, 5.41) is 14.7. The van der Waals surface area contributed by atoms with Crippen molar-refractivity contribution >= 4 is 17.3 Å². The minimum absolute atomic E-state index is 0.552. The summed E-state index contributed by atoms with van der Waals surface area (Å²) in [6, 6.07) is 11.7. The van der Waals surface area contributed by atoms with E-state index in [1.165, 1.54) is 5.56 Å². The highest BCUT2D eigenvalue weighted by atomic mass is 32.1. The Hall–Kier alpha value is -1.65. The van der Waals surface area contributed by atoms with Gasteiger partial charge in [0.15, 0.2) is 0 Å². The third-order valence-corrected chi connectivity index (χ3v) is 4.44. The van der Waals surface area contributed by atoms with E-state index >= 15 is 0 Å². The van der Waals surface area contributed by atoms with E-state index < -0.39 is 11.5 Å². The van der Waals surface area contributed by atoms with Crippen LogP contribution in [0.3, 0.4) is 0 Å². The number of thiophene rings is 1. The maximum atomic E-state index is 11.7. The molecule has 2 aromatic rings. The Labute approximate surface area is 123 Å². The number of carboxylic acid groups (broad SMARTS) is 1. The first kappa shape index (κ1) is 14.8. The highest BCUT2D eigenvalue weighted by molar-refractivity contribution is 7.09. The van der Waals surface area contributed by atoms with Gasteiger partial charge < -0.3 is 5.11 Å². The lowest BCUT2D eigenvalue weighted by atomic mass is 9.91. The number of aryl methyl sites for hydroxylation is 1. The smallest absolute Gasteiger partial charge is 0.328 e. The van der Waals surface area contributed by atoms with Gasteiger partial charge >= 0.3 is 5.97 Å². The third-order valence-electron chi connectivity index (χ3n) is 3.56. The van der Waals surface area contributed by atoms with Gasteiger partial charge in [-0.05, 0) is 35.9 Å². The SMILES string of the molecule is CCc1ccc(C(C)(NCc2cccs2)C(=O)O)cc1. The lowest BCUT2D eigenvalue weighted by molar-refractivity contribution is -0.144. The van der Waals surface area contributed by atoms with E-state index in [0.29, 0.717) is 6.54 Å². The Balaban J connectivity index is 2.21. The van der Waals surface area contributed by atoms with Gasteiger partial charge in [0, 0.05) is 11.4 Å². The number of carboxylic acids is 1. The fourth-order valence-electron chi connectivity index (χ4n) is 2.05. The van der Waals surface area contributed by atoms with E-state index in [-0.39, 0.29) is 0 Å². The molecule has 0 fully saturated rings. The summed E-state index contributed by atoms with van der Waals surface area (Å²) in [5.41, 5.74) is 0.912. The molecule has 20 heavy (non-hydrogen) atoms. The molecule has 0 amide bonds. The molecule has 0 spiro atoms. The Morgan fingerprint density at radius 1 is 1.30 bits per heavy atom. The maximum absolute atomic E-state index is 11.7. The summed E-state index contributed by atoms with van der Waals surface area (Å²) in [6.45, 7) is 4.35. The molecule has 1 atom stereocenters. The minimum atomic E-state index is -1.07. The number of rotatable bonds is 6. The molecular formula is C16H19NO2S. The fraction of sp³-hybridized carbons (Fsp3) is 0.312. The monoisotopic (exact) mass is 289 g/mol. The molecule has 1 heterocycles. The molecule has 3 nitrogen and oxygen atoms in total. The summed E-state index contributed by atoms with van der Waals surface area (Å²) in [6.07, 6.45) is 0.951. The molecule has 0 saturated carbocycles. The number of carbonyl (C=O) groups is 1. The lowest BCUT2D eigenvalue weighted by Crippen LogP contribution is -2.46. The van der Waals surface area contributed by atoms with Gasteiger partial charge in [0.2, 0.25) is 0 Å². The van der Waals surface area contributed by atoms with E-state index in [9.17, 15) is 9.90 Å². The molecule has 0 aliphatic carbocycles. The van der Waals surface area contributed by atoms with Crippen LogP contribution in [0.4, 0.5) is 0 Å². The van der Waals surface area contributed by atoms with Crippen LogP contribution in [0.15, 0.2) is 41.8 Å². The first-order valence-electron chi connectivity index (χ1n) is 6.66. The van der Waals surface area contributed by atoms with Gasteiger partial charge in [-0.15, -0.1) is 11.3 Å². The van der Waals surface area contributed by atoms with Gasteiger partial charge in [-0.1, -0.05) is 37.3 Å². The van der Waals surface area contributed by atoms with Crippen molar-refractivity contribution < 1.29 is 9.90 Å². The summed E-state index contributed by atoms with van der Waals surface area (Å²) < 4.78 is 0. The lowest BCUT2D eigenvalue weighted by Gasteiger charge is -2.27. The Kier molecular flexibility index (Phi) is 4.57. The maximum Gasteiger partial charge on any atom is 0.328 e. The van der Waals surface area contributed by atoms with Crippen LogP contribution < -0.4 is 5.32 Å². The first-order valence-corrected chi connectivity index (χ1v) is 7.54. The molecular weight excluding hydrogens is 270 g/mol. The summed E-state index contributed by atoms with van der Waals surface area (Å²) in [7, 11) is 0. The molecule has 0 aliphatic rings. The predicted molar refractivity (Wildman–Crippen MR) is 82.0 cm³/mol. The van der Waals surface area contributed by atoms with E-state index in [0.717, 1.165) is 16.9 Å². The van der Waals surface area contributed by atoms with Gasteiger partial charge in [-0.25, -0.2) is 4.79 Å². The van der Waals surface area contributed by atoms with Gasteiger partial charge in [0.1, 0.15) is 5.54 Å². The van der Waals surface area contributed by atoms with Crippen LogP contribution in [-0.4, -0.2) is 11.1 Å². The fourth-order valence-corrected chi connectivity index (χ4v) is 2.70. The molecule has 2 rings (SSSR count). The average molecular weight is 289 g/mol. The Morgan fingerprint density at radius 3 is 2.50 bits per heavy atom. The van der Waals surface area contributed by atoms with Crippen molar-refractivity contribution in [3.05, 3.63) is 57.8 Å². The summed E-state index contributed by atoms with van der Waals surface area (Å²) >= 11 is 1.62. The van der Waals surface area contributed by atoms with Gasteiger partial charge in [0.25, 0.3) is 0 Å².